The van der Waals surface area contributed by atoms with Crippen LogP contribution in [0.25, 0.3) is 0 Å². The molecule has 0 fully saturated rings. The van der Waals surface area contributed by atoms with E-state index in [0.717, 1.165) is 7.11 Å². The predicted octanol–water partition coefficient (Wildman–Crippen LogP) is 1.89. The van der Waals surface area contributed by atoms with Gasteiger partial charge in [-0.3, -0.25) is 0 Å². The normalized spacial score (nSPS) is 12.8. The molecule has 0 unspecified atom stereocenters. The molecule has 0 amide bonds. The second-order valence-corrected chi connectivity index (χ2v) is 3.92. The number of carbonyl (C=O) groups is 1. The fourth-order valence-electron chi connectivity index (χ4n) is 0.712. The summed E-state index contributed by atoms with van der Waals surface area (Å²) in [4.78, 5) is 10.6. The van der Waals surface area contributed by atoms with Gasteiger partial charge >= 0.3 is 11.9 Å². The molecular weight excluding hydrogens is 309 g/mol. The summed E-state index contributed by atoms with van der Waals surface area (Å²) in [7, 11) is 0.907. The number of hydrogen-bond donors (Lipinski definition) is 1. The monoisotopic (exact) mass is 320 g/mol. The van der Waals surface area contributed by atoms with E-state index in [4.69, 9.17) is 5.11 Å². The Bertz CT molecular complexity index is 229. The van der Waals surface area contributed by atoms with Crippen LogP contribution in [0.5, 0.6) is 0 Å². The Morgan fingerprint density at radius 2 is 2.21 bits per heavy atom. The van der Waals surface area contributed by atoms with Crippen molar-refractivity contribution in [2.75, 3.05) is 13.7 Å². The second-order valence-electron chi connectivity index (χ2n) is 2.53. The van der Waals surface area contributed by atoms with Crippen LogP contribution >= 0.6 is 22.6 Å². The van der Waals surface area contributed by atoms with Gasteiger partial charge in [-0.15, -0.1) is 0 Å². The molecule has 0 saturated carbocycles. The molecule has 14 heavy (non-hydrogen) atoms. The van der Waals surface area contributed by atoms with Crippen molar-refractivity contribution >= 4 is 28.6 Å². The molecule has 0 spiro atoms. The predicted molar refractivity (Wildman–Crippen MR) is 55.4 cm³/mol. The molecule has 0 saturated heterocycles. The molecular formula is C8H11F2IO3. The van der Waals surface area contributed by atoms with E-state index >= 15 is 0 Å². The average molecular weight is 320 g/mol. The van der Waals surface area contributed by atoms with E-state index in [-0.39, 0.29) is 6.61 Å². The third kappa shape index (κ3) is 4.85. The van der Waals surface area contributed by atoms with Crippen molar-refractivity contribution in [1.82, 2.24) is 0 Å². The van der Waals surface area contributed by atoms with E-state index < -0.39 is 11.9 Å². The van der Waals surface area contributed by atoms with Gasteiger partial charge in [0.1, 0.15) is 0 Å². The summed E-state index contributed by atoms with van der Waals surface area (Å²) >= 11 is 1.70. The van der Waals surface area contributed by atoms with Gasteiger partial charge in [0.2, 0.25) is 0 Å². The van der Waals surface area contributed by atoms with Gasteiger partial charge in [-0.1, -0.05) is 0 Å². The van der Waals surface area contributed by atoms with Crippen LogP contribution in [0.3, 0.4) is 0 Å². The maximum atomic E-state index is 12.9. The van der Waals surface area contributed by atoms with E-state index in [0.29, 0.717) is 22.5 Å². The zero-order chi connectivity index (χ0) is 11.2. The van der Waals surface area contributed by atoms with E-state index in [9.17, 15) is 13.6 Å². The summed E-state index contributed by atoms with van der Waals surface area (Å²) < 4.78 is 30.0. The zero-order valence-corrected chi connectivity index (χ0v) is 9.75. The fraction of sp³-hybridized carbons (Fsp3) is 0.625. The molecule has 0 aliphatic rings. The lowest BCUT2D eigenvalue weighted by Crippen LogP contribution is -2.27. The first-order chi connectivity index (χ1) is 6.44. The number of halogens is 3. The summed E-state index contributed by atoms with van der Waals surface area (Å²) in [6.07, 6.45) is 1.27. The van der Waals surface area contributed by atoms with Crippen LogP contribution in [-0.4, -0.2) is 30.7 Å². The van der Waals surface area contributed by atoms with Crippen molar-refractivity contribution in [2.24, 2.45) is 0 Å². The number of carbonyl (C=O) groups excluding carboxylic acids is 1. The minimum Gasteiger partial charge on any atom is -0.464 e. The lowest BCUT2D eigenvalue weighted by molar-refractivity contribution is -0.161. The van der Waals surface area contributed by atoms with Crippen LogP contribution in [0.4, 0.5) is 8.78 Å². The smallest absolute Gasteiger partial charge is 0.381 e. The molecule has 0 aromatic rings. The van der Waals surface area contributed by atoms with Crippen molar-refractivity contribution in [3.05, 3.63) is 9.66 Å². The first-order valence-corrected chi connectivity index (χ1v) is 4.96. The average Bonchev–Trinajstić information content (AvgIpc) is 2.12. The minimum absolute atomic E-state index is 0.0653. The standard InChI is InChI=1S/C8H11F2IO3/c1-14-7(13)8(9,10)5-6(11)3-2-4-12/h5,12H,2-4H2,1H3. The molecule has 0 aliphatic carbocycles. The molecule has 0 bridgehead atoms. The van der Waals surface area contributed by atoms with Crippen LogP contribution in [0.2, 0.25) is 0 Å². The number of aliphatic hydroxyl groups is 1. The lowest BCUT2D eigenvalue weighted by atomic mass is 10.2. The molecule has 0 heterocycles. The molecule has 0 aliphatic heterocycles. The summed E-state index contributed by atoms with van der Waals surface area (Å²) in [6, 6.07) is 0. The highest BCUT2D eigenvalue weighted by Gasteiger charge is 2.37. The van der Waals surface area contributed by atoms with Gasteiger partial charge in [-0.2, -0.15) is 8.78 Å². The molecule has 0 aromatic heterocycles. The summed E-state index contributed by atoms with van der Waals surface area (Å²) in [5, 5.41) is 8.46. The lowest BCUT2D eigenvalue weighted by Gasteiger charge is -2.09. The molecule has 0 atom stereocenters. The molecule has 1 N–H and O–H groups in total. The van der Waals surface area contributed by atoms with E-state index in [2.05, 4.69) is 4.74 Å². The number of ether oxygens (including phenoxy) is 1. The van der Waals surface area contributed by atoms with Crippen molar-refractivity contribution in [1.29, 1.82) is 0 Å². The Hall–Kier alpha value is -0.240. The first-order valence-electron chi connectivity index (χ1n) is 3.88. The van der Waals surface area contributed by atoms with Crippen LogP contribution in [-0.2, 0) is 9.53 Å². The quantitative estimate of drug-likeness (QED) is 0.622. The van der Waals surface area contributed by atoms with Gasteiger partial charge in [-0.25, -0.2) is 4.79 Å². The van der Waals surface area contributed by atoms with Crippen molar-refractivity contribution in [3.8, 4) is 0 Å². The Labute approximate surface area is 94.3 Å². The van der Waals surface area contributed by atoms with Crippen molar-refractivity contribution in [2.45, 2.75) is 18.8 Å². The van der Waals surface area contributed by atoms with Crippen LogP contribution in [0.15, 0.2) is 9.66 Å². The van der Waals surface area contributed by atoms with E-state index in [1.165, 1.54) is 0 Å². The third-order valence-corrected chi connectivity index (χ3v) is 2.22. The number of allylic oxidation sites excluding steroid dienone is 1. The number of aliphatic hydroxyl groups excluding tert-OH is 1. The highest BCUT2D eigenvalue weighted by Crippen LogP contribution is 2.24. The summed E-state index contributed by atoms with van der Waals surface area (Å²) in [6.45, 7) is -0.0653. The Morgan fingerprint density at radius 1 is 1.64 bits per heavy atom. The van der Waals surface area contributed by atoms with Crippen molar-refractivity contribution < 1.29 is 23.4 Å². The van der Waals surface area contributed by atoms with Crippen LogP contribution in [0, 0.1) is 0 Å². The largest absolute Gasteiger partial charge is 0.464 e. The zero-order valence-electron chi connectivity index (χ0n) is 7.60. The van der Waals surface area contributed by atoms with E-state index in [1.54, 1.807) is 22.6 Å². The van der Waals surface area contributed by atoms with Gasteiger partial charge in [0, 0.05) is 12.7 Å². The molecule has 82 valence electrons. The number of methoxy groups -OCH3 is 1. The van der Waals surface area contributed by atoms with Gasteiger partial charge < -0.3 is 9.84 Å². The number of esters is 1. The molecule has 6 heteroatoms. The van der Waals surface area contributed by atoms with Crippen LogP contribution in [0.1, 0.15) is 12.8 Å². The molecule has 0 aromatic carbocycles. The maximum Gasteiger partial charge on any atom is 0.381 e. The van der Waals surface area contributed by atoms with Gasteiger partial charge in [0.05, 0.1) is 7.11 Å². The van der Waals surface area contributed by atoms with Crippen LogP contribution < -0.4 is 0 Å². The Balaban J connectivity index is 4.37. The summed E-state index contributed by atoms with van der Waals surface area (Å²) in [5.41, 5.74) is 0. The SMILES string of the molecule is COC(=O)C(F)(F)C=C(I)CCCO. The van der Waals surface area contributed by atoms with Gasteiger partial charge in [0.25, 0.3) is 0 Å². The third-order valence-electron chi connectivity index (χ3n) is 1.37. The Kier molecular flexibility index (Phi) is 6.17. The first kappa shape index (κ1) is 13.8. The summed E-state index contributed by atoms with van der Waals surface area (Å²) in [5.74, 6) is -5.16. The highest BCUT2D eigenvalue weighted by atomic mass is 127. The van der Waals surface area contributed by atoms with Gasteiger partial charge in [-0.05, 0) is 39.0 Å². The highest BCUT2D eigenvalue weighted by molar-refractivity contribution is 14.1. The number of alkyl halides is 2. The van der Waals surface area contributed by atoms with Crippen molar-refractivity contribution in [3.63, 3.8) is 0 Å². The second kappa shape index (κ2) is 6.28. The molecule has 0 rings (SSSR count). The maximum absolute atomic E-state index is 12.9. The number of hydrogen-bond acceptors (Lipinski definition) is 3. The topological polar surface area (TPSA) is 46.5 Å². The number of rotatable bonds is 5. The fourth-order valence-corrected chi connectivity index (χ4v) is 1.48. The Morgan fingerprint density at radius 3 is 2.64 bits per heavy atom. The molecule has 0 radical (unpaired) electrons. The minimum atomic E-state index is -3.58. The van der Waals surface area contributed by atoms with E-state index in [1.807, 2.05) is 0 Å². The molecule has 3 nitrogen and oxygen atoms in total. The van der Waals surface area contributed by atoms with Gasteiger partial charge in [0.15, 0.2) is 0 Å².